The third-order valence-electron chi connectivity index (χ3n) is 7.45. The molecule has 2 unspecified atom stereocenters. The number of halogens is 1. The van der Waals surface area contributed by atoms with Crippen LogP contribution in [0.5, 0.6) is 0 Å². The van der Waals surface area contributed by atoms with Crippen LogP contribution in [0.2, 0.25) is 0 Å². The highest BCUT2D eigenvalue weighted by molar-refractivity contribution is 5.05. The molecule has 214 valence electrons. The van der Waals surface area contributed by atoms with Gasteiger partial charge in [0.15, 0.2) is 6.17 Å². The van der Waals surface area contributed by atoms with Gasteiger partial charge in [-0.2, -0.15) is 0 Å². The number of aliphatic hydroxyl groups is 2. The normalized spacial score (nSPS) is 24.5. The van der Waals surface area contributed by atoms with E-state index in [0.717, 1.165) is 36.1 Å². The zero-order valence-electron chi connectivity index (χ0n) is 22.8. The van der Waals surface area contributed by atoms with Crippen molar-refractivity contribution in [1.82, 2.24) is 9.55 Å². The Labute approximate surface area is 220 Å². The van der Waals surface area contributed by atoms with Crippen LogP contribution in [0.3, 0.4) is 0 Å². The van der Waals surface area contributed by atoms with Crippen molar-refractivity contribution in [3.63, 3.8) is 0 Å². The summed E-state index contributed by atoms with van der Waals surface area (Å²) >= 11 is 0. The second-order valence-electron chi connectivity index (χ2n) is 10.3. The minimum Gasteiger partial charge on any atom is -0.394 e. The van der Waals surface area contributed by atoms with Gasteiger partial charge < -0.3 is 19.7 Å². The minimum absolute atomic E-state index is 0.301. The molecule has 0 saturated carbocycles. The fourth-order valence-electron chi connectivity index (χ4n) is 5.30. The Morgan fingerprint density at radius 3 is 2.00 bits per heavy atom. The number of unbranched alkanes of at least 4 members (excludes halogenated alkanes) is 13. The molecular formula is C28H49FN2O6. The molecule has 1 saturated heterocycles. The number of aromatic amines is 1. The molecule has 37 heavy (non-hydrogen) atoms. The Morgan fingerprint density at radius 1 is 1.00 bits per heavy atom. The molecule has 5 atom stereocenters. The van der Waals surface area contributed by atoms with Gasteiger partial charge in [0.25, 0.3) is 5.56 Å². The average molecular weight is 529 g/mol. The molecule has 1 fully saturated rings. The summed E-state index contributed by atoms with van der Waals surface area (Å²) in [5, 5.41) is 19.9. The molecule has 9 heteroatoms. The van der Waals surface area contributed by atoms with Gasteiger partial charge in [-0.25, -0.2) is 9.18 Å². The quantitative estimate of drug-likeness (QED) is 0.214. The van der Waals surface area contributed by atoms with E-state index in [2.05, 4.69) is 11.9 Å². The van der Waals surface area contributed by atoms with Crippen molar-refractivity contribution in [1.29, 1.82) is 0 Å². The molecule has 1 aliphatic heterocycles. The van der Waals surface area contributed by atoms with Crippen molar-refractivity contribution >= 4 is 0 Å². The summed E-state index contributed by atoms with van der Waals surface area (Å²) in [6.45, 7) is 3.77. The first-order chi connectivity index (χ1) is 17.9. The summed E-state index contributed by atoms with van der Waals surface area (Å²) in [5.74, 6) is 0. The van der Waals surface area contributed by atoms with Crippen molar-refractivity contribution in [3.05, 3.63) is 33.1 Å². The van der Waals surface area contributed by atoms with Crippen LogP contribution in [0.15, 0.2) is 21.9 Å². The van der Waals surface area contributed by atoms with E-state index in [0.29, 0.717) is 13.0 Å². The van der Waals surface area contributed by atoms with Gasteiger partial charge in [-0.1, -0.05) is 97.3 Å². The fourth-order valence-corrected chi connectivity index (χ4v) is 5.30. The van der Waals surface area contributed by atoms with Gasteiger partial charge in [-0.15, -0.1) is 0 Å². The maximum absolute atomic E-state index is 15.6. The van der Waals surface area contributed by atoms with E-state index in [1.165, 1.54) is 70.6 Å². The molecular weight excluding hydrogens is 479 g/mol. The molecule has 0 amide bonds. The molecule has 0 bridgehead atoms. The minimum atomic E-state index is -2.03. The molecule has 0 spiro atoms. The summed E-state index contributed by atoms with van der Waals surface area (Å²) in [4.78, 5) is 26.3. The number of rotatable bonds is 20. The summed E-state index contributed by atoms with van der Waals surface area (Å²) in [6.07, 6.45) is 13.0. The van der Waals surface area contributed by atoms with E-state index >= 15 is 4.39 Å². The highest BCUT2D eigenvalue weighted by Gasteiger charge is 2.61. The van der Waals surface area contributed by atoms with Gasteiger partial charge in [0, 0.05) is 18.9 Å². The zero-order chi connectivity index (χ0) is 27.1. The molecule has 1 aliphatic rings. The van der Waals surface area contributed by atoms with Crippen LogP contribution in [0.1, 0.15) is 110 Å². The lowest BCUT2D eigenvalue weighted by Crippen LogP contribution is -2.57. The van der Waals surface area contributed by atoms with E-state index in [9.17, 15) is 19.8 Å². The van der Waals surface area contributed by atoms with Gasteiger partial charge >= 0.3 is 5.69 Å². The lowest BCUT2D eigenvalue weighted by molar-refractivity contribution is -0.213. The maximum atomic E-state index is 15.6. The third kappa shape index (κ3) is 9.01. The van der Waals surface area contributed by atoms with Crippen LogP contribution in [0, 0.1) is 0 Å². The number of hydrogen-bond donors (Lipinski definition) is 3. The van der Waals surface area contributed by atoms with Crippen LogP contribution in [-0.4, -0.2) is 57.5 Å². The molecule has 1 aromatic heterocycles. The predicted octanol–water partition coefficient (Wildman–Crippen LogP) is 4.56. The van der Waals surface area contributed by atoms with Gasteiger partial charge in [-0.05, 0) is 12.8 Å². The van der Waals surface area contributed by atoms with Gasteiger partial charge in [0.2, 0.25) is 5.72 Å². The topological polar surface area (TPSA) is 114 Å². The maximum Gasteiger partial charge on any atom is 0.330 e. The molecule has 1 aromatic rings. The number of aromatic nitrogens is 2. The Kier molecular flexibility index (Phi) is 14.7. The Balaban J connectivity index is 1.78. The van der Waals surface area contributed by atoms with Gasteiger partial charge in [0.05, 0.1) is 6.61 Å². The van der Waals surface area contributed by atoms with Gasteiger partial charge in [-0.3, -0.25) is 14.3 Å². The highest BCUT2D eigenvalue weighted by Crippen LogP contribution is 2.42. The standard InChI is InChI=1S/C28H49FN2O6/c1-3-5-6-7-8-9-10-11-12-13-14-15-16-17-20-36-23(4-2)28(26(29)25(34)22(21-32)37-28)31-19-18-24(33)30-27(31)35/h18-19,22-23,25-26,32,34H,3-17,20-21H2,1-2H3,(H,30,33,35)/t22-,23?,25-,26?,28-/m1/s1. The number of aliphatic hydroxyl groups excluding tert-OH is 2. The van der Waals surface area contributed by atoms with Crippen LogP contribution in [0.4, 0.5) is 4.39 Å². The monoisotopic (exact) mass is 528 g/mol. The van der Waals surface area contributed by atoms with E-state index in [1.807, 2.05) is 0 Å². The van der Waals surface area contributed by atoms with Crippen molar-refractivity contribution in [2.75, 3.05) is 13.2 Å². The van der Waals surface area contributed by atoms with E-state index < -0.39 is 48.1 Å². The number of hydrogen-bond acceptors (Lipinski definition) is 6. The van der Waals surface area contributed by atoms with E-state index in [4.69, 9.17) is 9.47 Å². The summed E-state index contributed by atoms with van der Waals surface area (Å²) < 4.78 is 28.3. The zero-order valence-corrected chi connectivity index (χ0v) is 22.8. The lowest BCUT2D eigenvalue weighted by Gasteiger charge is -2.39. The second-order valence-corrected chi connectivity index (χ2v) is 10.3. The van der Waals surface area contributed by atoms with Crippen molar-refractivity contribution < 1.29 is 24.1 Å². The first-order valence-corrected chi connectivity index (χ1v) is 14.5. The molecule has 0 aromatic carbocycles. The molecule has 8 nitrogen and oxygen atoms in total. The van der Waals surface area contributed by atoms with Crippen LogP contribution < -0.4 is 11.2 Å². The molecule has 0 radical (unpaired) electrons. The number of H-pyrrole nitrogens is 1. The first-order valence-electron chi connectivity index (χ1n) is 14.5. The van der Waals surface area contributed by atoms with Gasteiger partial charge in [0.1, 0.15) is 18.3 Å². The number of ether oxygens (including phenoxy) is 2. The predicted molar refractivity (Wildman–Crippen MR) is 143 cm³/mol. The number of alkyl halides is 1. The molecule has 0 aliphatic carbocycles. The highest BCUT2D eigenvalue weighted by atomic mass is 19.1. The smallest absolute Gasteiger partial charge is 0.330 e. The third-order valence-corrected chi connectivity index (χ3v) is 7.45. The van der Waals surface area contributed by atoms with E-state index in [1.54, 1.807) is 6.92 Å². The van der Waals surface area contributed by atoms with Crippen LogP contribution in [-0.2, 0) is 15.2 Å². The average Bonchev–Trinajstić information content (AvgIpc) is 3.14. The van der Waals surface area contributed by atoms with Crippen molar-refractivity contribution in [2.45, 2.75) is 140 Å². The largest absolute Gasteiger partial charge is 0.394 e. The number of nitrogens with zero attached hydrogens (tertiary/aromatic N) is 1. The second kappa shape index (κ2) is 17.1. The van der Waals surface area contributed by atoms with Crippen LogP contribution >= 0.6 is 0 Å². The Morgan fingerprint density at radius 2 is 1.54 bits per heavy atom. The van der Waals surface area contributed by atoms with Crippen molar-refractivity contribution in [3.8, 4) is 0 Å². The SMILES string of the molecule is CCCCCCCCCCCCCCCCOC(CC)[C@@]1(n2ccc(=O)[nH]c2=O)O[C@H](CO)[C@@H](O)C1F. The van der Waals surface area contributed by atoms with Crippen LogP contribution in [0.25, 0.3) is 0 Å². The summed E-state index contributed by atoms with van der Waals surface area (Å²) in [7, 11) is 0. The van der Waals surface area contributed by atoms with E-state index in [-0.39, 0.29) is 0 Å². The summed E-state index contributed by atoms with van der Waals surface area (Å²) in [6, 6.07) is 1.10. The molecule has 2 rings (SSSR count). The fraction of sp³-hybridized carbons (Fsp3) is 0.857. The Bertz CT molecular complexity index is 862. The first kappa shape index (κ1) is 31.7. The lowest BCUT2D eigenvalue weighted by atomic mass is 9.96. The molecule has 2 heterocycles. The molecule has 3 N–H and O–H groups in total. The summed E-state index contributed by atoms with van der Waals surface area (Å²) in [5.41, 5.74) is -3.47. The van der Waals surface area contributed by atoms with Crippen molar-refractivity contribution in [2.24, 2.45) is 0 Å². The number of nitrogens with one attached hydrogen (secondary N) is 1. The Hall–Kier alpha value is -1.55.